The molecule has 0 amide bonds. The SMILES string of the molecule is CN=C(NCCCc1nc2ccccc2s1)NCc1cccc(F)c1. The molecule has 0 atom stereocenters. The van der Waals surface area contributed by atoms with Crippen molar-refractivity contribution in [2.24, 2.45) is 4.99 Å². The highest BCUT2D eigenvalue weighted by molar-refractivity contribution is 7.18. The molecule has 0 saturated heterocycles. The van der Waals surface area contributed by atoms with Crippen molar-refractivity contribution in [1.29, 1.82) is 0 Å². The number of halogens is 1. The Morgan fingerprint density at radius 2 is 2.04 bits per heavy atom. The van der Waals surface area contributed by atoms with Gasteiger partial charge in [0.2, 0.25) is 0 Å². The number of aliphatic imine (C=N–C) groups is 1. The molecule has 0 saturated carbocycles. The van der Waals surface area contributed by atoms with Gasteiger partial charge in [-0.1, -0.05) is 24.3 Å². The summed E-state index contributed by atoms with van der Waals surface area (Å²) >= 11 is 1.75. The van der Waals surface area contributed by atoms with Crippen LogP contribution in [0.5, 0.6) is 0 Å². The Kier molecular flexibility index (Phi) is 5.95. The summed E-state index contributed by atoms with van der Waals surface area (Å²) in [5.41, 5.74) is 1.96. The molecule has 0 radical (unpaired) electrons. The number of rotatable bonds is 6. The van der Waals surface area contributed by atoms with Gasteiger partial charge in [-0.25, -0.2) is 9.37 Å². The minimum atomic E-state index is -0.224. The van der Waals surface area contributed by atoms with Crippen molar-refractivity contribution in [3.8, 4) is 0 Å². The third kappa shape index (κ3) is 5.00. The Hall–Kier alpha value is -2.47. The van der Waals surface area contributed by atoms with Crippen molar-refractivity contribution in [3.63, 3.8) is 0 Å². The van der Waals surface area contributed by atoms with Gasteiger partial charge in [-0.3, -0.25) is 4.99 Å². The topological polar surface area (TPSA) is 49.3 Å². The van der Waals surface area contributed by atoms with Crippen LogP contribution in [0, 0.1) is 5.82 Å². The minimum Gasteiger partial charge on any atom is -0.356 e. The van der Waals surface area contributed by atoms with E-state index < -0.39 is 0 Å². The molecule has 25 heavy (non-hydrogen) atoms. The van der Waals surface area contributed by atoms with E-state index in [-0.39, 0.29) is 5.82 Å². The fourth-order valence-electron chi connectivity index (χ4n) is 2.53. The van der Waals surface area contributed by atoms with Gasteiger partial charge in [-0.15, -0.1) is 11.3 Å². The summed E-state index contributed by atoms with van der Waals surface area (Å²) in [4.78, 5) is 8.84. The average Bonchev–Trinajstić information content (AvgIpc) is 3.04. The number of para-hydroxylation sites is 1. The lowest BCUT2D eigenvalue weighted by Crippen LogP contribution is -2.37. The molecule has 6 heteroatoms. The van der Waals surface area contributed by atoms with Gasteiger partial charge < -0.3 is 10.6 Å². The molecule has 3 aromatic rings. The molecule has 0 aliphatic rings. The highest BCUT2D eigenvalue weighted by Gasteiger charge is 2.03. The van der Waals surface area contributed by atoms with Crippen molar-refractivity contribution in [1.82, 2.24) is 15.6 Å². The molecule has 0 aliphatic carbocycles. The van der Waals surface area contributed by atoms with E-state index in [9.17, 15) is 4.39 Å². The van der Waals surface area contributed by atoms with Crippen LogP contribution in [0.1, 0.15) is 17.0 Å². The third-order valence-electron chi connectivity index (χ3n) is 3.77. The van der Waals surface area contributed by atoms with E-state index in [2.05, 4.69) is 26.7 Å². The lowest BCUT2D eigenvalue weighted by molar-refractivity contribution is 0.624. The zero-order chi connectivity index (χ0) is 17.5. The Balaban J connectivity index is 1.42. The molecule has 3 rings (SSSR count). The highest BCUT2D eigenvalue weighted by atomic mass is 32.1. The van der Waals surface area contributed by atoms with Crippen LogP contribution in [-0.4, -0.2) is 24.5 Å². The van der Waals surface area contributed by atoms with Crippen molar-refractivity contribution < 1.29 is 4.39 Å². The lowest BCUT2D eigenvalue weighted by Gasteiger charge is -2.11. The van der Waals surface area contributed by atoms with Gasteiger partial charge in [0, 0.05) is 26.6 Å². The van der Waals surface area contributed by atoms with Crippen LogP contribution in [0.15, 0.2) is 53.5 Å². The highest BCUT2D eigenvalue weighted by Crippen LogP contribution is 2.22. The molecule has 130 valence electrons. The maximum Gasteiger partial charge on any atom is 0.191 e. The number of thiazole rings is 1. The van der Waals surface area contributed by atoms with Crippen molar-refractivity contribution in [2.75, 3.05) is 13.6 Å². The summed E-state index contributed by atoms with van der Waals surface area (Å²) in [7, 11) is 1.73. The molecule has 0 bridgehead atoms. The summed E-state index contributed by atoms with van der Waals surface area (Å²) in [5, 5.41) is 7.63. The predicted octanol–water partition coefficient (Wildman–Crippen LogP) is 3.73. The van der Waals surface area contributed by atoms with Crippen molar-refractivity contribution in [2.45, 2.75) is 19.4 Å². The molecule has 2 aromatic carbocycles. The molecule has 0 spiro atoms. The first-order valence-corrected chi connectivity index (χ1v) is 9.09. The molecular formula is C19H21FN4S. The first-order valence-electron chi connectivity index (χ1n) is 8.28. The average molecular weight is 356 g/mol. The van der Waals surface area contributed by atoms with E-state index in [4.69, 9.17) is 0 Å². The van der Waals surface area contributed by atoms with Crippen molar-refractivity contribution >= 4 is 27.5 Å². The Morgan fingerprint density at radius 1 is 1.16 bits per heavy atom. The van der Waals surface area contributed by atoms with Gasteiger partial charge in [-0.05, 0) is 36.2 Å². The molecule has 0 aliphatic heterocycles. The van der Waals surface area contributed by atoms with Gasteiger partial charge in [0.1, 0.15) is 5.82 Å². The number of hydrogen-bond donors (Lipinski definition) is 2. The smallest absolute Gasteiger partial charge is 0.191 e. The fourth-order valence-corrected chi connectivity index (χ4v) is 3.54. The van der Waals surface area contributed by atoms with Gasteiger partial charge >= 0.3 is 0 Å². The summed E-state index contributed by atoms with van der Waals surface area (Å²) in [6.07, 6.45) is 1.91. The monoisotopic (exact) mass is 356 g/mol. The molecule has 4 nitrogen and oxygen atoms in total. The second-order valence-electron chi connectivity index (χ2n) is 5.66. The van der Waals surface area contributed by atoms with Crippen LogP contribution < -0.4 is 10.6 Å². The largest absolute Gasteiger partial charge is 0.356 e. The standard InChI is InChI=1S/C19H21FN4S/c1-21-19(23-13-14-6-4-7-15(20)12-14)22-11-5-10-18-24-16-8-2-3-9-17(16)25-18/h2-4,6-9,12H,5,10-11,13H2,1H3,(H2,21,22,23). The second kappa shape index (κ2) is 8.58. The number of guanidine groups is 1. The number of nitrogens with one attached hydrogen (secondary N) is 2. The third-order valence-corrected chi connectivity index (χ3v) is 4.87. The Morgan fingerprint density at radius 3 is 2.84 bits per heavy atom. The quantitative estimate of drug-likeness (QED) is 0.402. The van der Waals surface area contributed by atoms with Crippen LogP contribution >= 0.6 is 11.3 Å². The van der Waals surface area contributed by atoms with Gasteiger partial charge in [0.05, 0.1) is 15.2 Å². The summed E-state index contributed by atoms with van der Waals surface area (Å²) in [6, 6.07) is 14.8. The van der Waals surface area contributed by atoms with Gasteiger partial charge in [-0.2, -0.15) is 0 Å². The number of hydrogen-bond acceptors (Lipinski definition) is 3. The van der Waals surface area contributed by atoms with E-state index >= 15 is 0 Å². The predicted molar refractivity (Wildman–Crippen MR) is 103 cm³/mol. The normalized spacial score (nSPS) is 11.7. The van der Waals surface area contributed by atoms with Gasteiger partial charge in [0.25, 0.3) is 0 Å². The number of aromatic nitrogens is 1. The molecule has 0 fully saturated rings. The van der Waals surface area contributed by atoms with E-state index in [1.807, 2.05) is 24.3 Å². The lowest BCUT2D eigenvalue weighted by atomic mass is 10.2. The second-order valence-corrected chi connectivity index (χ2v) is 6.78. The van der Waals surface area contributed by atoms with Crippen LogP contribution in [0.4, 0.5) is 4.39 Å². The first-order chi connectivity index (χ1) is 12.2. The summed E-state index contributed by atoms with van der Waals surface area (Å²) in [5.74, 6) is 0.492. The molecule has 2 N–H and O–H groups in total. The number of aryl methyl sites for hydroxylation is 1. The number of nitrogens with zero attached hydrogens (tertiary/aromatic N) is 2. The minimum absolute atomic E-state index is 0.224. The fraction of sp³-hybridized carbons (Fsp3) is 0.263. The van der Waals surface area contributed by atoms with Crippen LogP contribution in [0.2, 0.25) is 0 Å². The zero-order valence-corrected chi connectivity index (χ0v) is 14.9. The summed E-state index contributed by atoms with van der Waals surface area (Å²) in [6.45, 7) is 1.34. The van der Waals surface area contributed by atoms with E-state index in [0.717, 1.165) is 35.5 Å². The summed E-state index contributed by atoms with van der Waals surface area (Å²) < 4.78 is 14.4. The van der Waals surface area contributed by atoms with Crippen LogP contribution in [-0.2, 0) is 13.0 Å². The first kappa shape index (κ1) is 17.4. The molecule has 1 heterocycles. The molecular weight excluding hydrogens is 335 g/mol. The van der Waals surface area contributed by atoms with E-state index in [1.54, 1.807) is 24.5 Å². The Labute approximate surface area is 150 Å². The van der Waals surface area contributed by atoms with E-state index in [0.29, 0.717) is 12.5 Å². The maximum absolute atomic E-state index is 13.2. The zero-order valence-electron chi connectivity index (χ0n) is 14.1. The van der Waals surface area contributed by atoms with Crippen LogP contribution in [0.25, 0.3) is 10.2 Å². The maximum atomic E-state index is 13.2. The van der Waals surface area contributed by atoms with Crippen LogP contribution in [0.3, 0.4) is 0 Å². The number of fused-ring (bicyclic) bond motifs is 1. The van der Waals surface area contributed by atoms with Crippen molar-refractivity contribution in [3.05, 3.63) is 64.9 Å². The Bertz CT molecular complexity index is 826. The van der Waals surface area contributed by atoms with E-state index in [1.165, 1.54) is 16.8 Å². The van der Waals surface area contributed by atoms with Gasteiger partial charge in [0.15, 0.2) is 5.96 Å². The molecule has 0 unspecified atom stereocenters. The number of benzene rings is 2. The molecule has 1 aromatic heterocycles.